The summed E-state index contributed by atoms with van der Waals surface area (Å²) in [5.74, 6) is -0.0197. The average Bonchev–Trinajstić information content (AvgIpc) is 2.41. The van der Waals surface area contributed by atoms with Crippen LogP contribution in [-0.4, -0.2) is 49.5 Å². The first-order valence-corrected chi connectivity index (χ1v) is 6.89. The normalized spacial score (nSPS) is 37.2. The second kappa shape index (κ2) is 5.99. The van der Waals surface area contributed by atoms with Crippen molar-refractivity contribution in [3.63, 3.8) is 0 Å². The first-order chi connectivity index (χ1) is 8.62. The van der Waals surface area contributed by atoms with Crippen molar-refractivity contribution in [2.45, 2.75) is 44.8 Å². The highest BCUT2D eigenvalue weighted by Crippen LogP contribution is 2.35. The minimum atomic E-state index is -0.304. The van der Waals surface area contributed by atoms with Crippen molar-refractivity contribution in [1.82, 2.24) is 10.6 Å². The van der Waals surface area contributed by atoms with Gasteiger partial charge in [0.1, 0.15) is 6.04 Å². The van der Waals surface area contributed by atoms with Gasteiger partial charge in [0.25, 0.3) is 0 Å². The topological polar surface area (TPSA) is 70.6 Å². The number of carbonyl (C=O) groups excluding carboxylic acids is 1. The van der Waals surface area contributed by atoms with Crippen LogP contribution in [0.3, 0.4) is 0 Å². The quantitative estimate of drug-likeness (QED) is 0.666. The molecule has 1 amide bonds. The summed E-state index contributed by atoms with van der Waals surface area (Å²) in [6.07, 6.45) is 3.74. The Morgan fingerprint density at radius 2 is 2.39 bits per heavy atom. The van der Waals surface area contributed by atoms with E-state index in [0.29, 0.717) is 19.8 Å². The van der Waals surface area contributed by atoms with Gasteiger partial charge in [-0.3, -0.25) is 4.79 Å². The molecule has 18 heavy (non-hydrogen) atoms. The molecule has 0 aromatic heterocycles. The van der Waals surface area contributed by atoms with Gasteiger partial charge in [-0.05, 0) is 12.8 Å². The number of aliphatic hydroxyl groups excluding tert-OH is 1. The molecule has 5 nitrogen and oxygen atoms in total. The Hall–Kier alpha value is -0.650. The minimum absolute atomic E-state index is 0.0197. The predicted molar refractivity (Wildman–Crippen MR) is 68.2 cm³/mol. The molecule has 5 heteroatoms. The van der Waals surface area contributed by atoms with E-state index >= 15 is 0 Å². The molecule has 3 N–H and O–H groups in total. The molecule has 0 spiro atoms. The highest BCUT2D eigenvalue weighted by molar-refractivity contribution is 5.82. The first-order valence-electron chi connectivity index (χ1n) is 6.89. The summed E-state index contributed by atoms with van der Waals surface area (Å²) in [5, 5.41) is 16.1. The molecule has 0 bridgehead atoms. The lowest BCUT2D eigenvalue weighted by atomic mass is 9.73. The van der Waals surface area contributed by atoms with E-state index in [1.165, 1.54) is 0 Å². The van der Waals surface area contributed by atoms with Crippen LogP contribution in [0.25, 0.3) is 0 Å². The van der Waals surface area contributed by atoms with Crippen molar-refractivity contribution in [3.05, 3.63) is 0 Å². The van der Waals surface area contributed by atoms with Crippen LogP contribution in [0.5, 0.6) is 0 Å². The Morgan fingerprint density at radius 1 is 1.56 bits per heavy atom. The Bertz CT molecular complexity index is 292. The van der Waals surface area contributed by atoms with Crippen LogP contribution >= 0.6 is 0 Å². The second-order valence-corrected chi connectivity index (χ2v) is 5.72. The van der Waals surface area contributed by atoms with E-state index < -0.39 is 0 Å². The molecule has 1 aliphatic heterocycles. The number of hydrogen-bond acceptors (Lipinski definition) is 4. The van der Waals surface area contributed by atoms with E-state index in [0.717, 1.165) is 32.2 Å². The minimum Gasteiger partial charge on any atom is -0.392 e. The average molecular weight is 256 g/mol. The Labute approximate surface area is 108 Å². The van der Waals surface area contributed by atoms with E-state index in [2.05, 4.69) is 17.6 Å². The number of morpholine rings is 1. The molecule has 3 atom stereocenters. The number of hydrogen-bond donors (Lipinski definition) is 3. The van der Waals surface area contributed by atoms with Gasteiger partial charge in [-0.1, -0.05) is 19.8 Å². The largest absolute Gasteiger partial charge is 0.392 e. The van der Waals surface area contributed by atoms with E-state index in [-0.39, 0.29) is 23.5 Å². The van der Waals surface area contributed by atoms with Gasteiger partial charge in [0.2, 0.25) is 5.91 Å². The van der Waals surface area contributed by atoms with Gasteiger partial charge in [0, 0.05) is 18.5 Å². The number of carbonyl (C=O) groups is 1. The molecule has 1 saturated heterocycles. The Balaban J connectivity index is 1.80. The van der Waals surface area contributed by atoms with Crippen LogP contribution in [0.1, 0.15) is 32.6 Å². The van der Waals surface area contributed by atoms with Crippen LogP contribution in [0.4, 0.5) is 0 Å². The van der Waals surface area contributed by atoms with Crippen molar-refractivity contribution in [2.75, 3.05) is 26.3 Å². The number of amides is 1. The van der Waals surface area contributed by atoms with Gasteiger partial charge in [0.05, 0.1) is 19.3 Å². The molecule has 2 aliphatic rings. The van der Waals surface area contributed by atoms with Crippen LogP contribution in [-0.2, 0) is 9.53 Å². The molecule has 0 radical (unpaired) electrons. The van der Waals surface area contributed by atoms with Crippen molar-refractivity contribution >= 4 is 5.91 Å². The maximum Gasteiger partial charge on any atom is 0.239 e. The van der Waals surface area contributed by atoms with Crippen LogP contribution in [0, 0.1) is 5.41 Å². The molecule has 104 valence electrons. The van der Waals surface area contributed by atoms with Gasteiger partial charge in [0.15, 0.2) is 0 Å². The third kappa shape index (κ3) is 3.22. The molecule has 1 aliphatic carbocycles. The lowest BCUT2D eigenvalue weighted by molar-refractivity contribution is -0.127. The highest BCUT2D eigenvalue weighted by Gasteiger charge is 2.36. The van der Waals surface area contributed by atoms with Crippen molar-refractivity contribution in [1.29, 1.82) is 0 Å². The van der Waals surface area contributed by atoms with Gasteiger partial charge in [-0.25, -0.2) is 0 Å². The standard InChI is InChI=1S/C13H24N2O3/c1-13(5-3-2-4-11(13)16)9-15-12(17)10-8-18-7-6-14-10/h10-11,14,16H,2-9H2,1H3,(H,15,17). The lowest BCUT2D eigenvalue weighted by Gasteiger charge is -2.39. The molecule has 1 saturated carbocycles. The van der Waals surface area contributed by atoms with E-state index in [4.69, 9.17) is 4.74 Å². The third-order valence-corrected chi connectivity index (χ3v) is 4.18. The molecule has 3 unspecified atom stereocenters. The van der Waals surface area contributed by atoms with Crippen LogP contribution in [0.15, 0.2) is 0 Å². The molecule has 2 fully saturated rings. The van der Waals surface area contributed by atoms with Crippen molar-refractivity contribution in [2.24, 2.45) is 5.41 Å². The van der Waals surface area contributed by atoms with Gasteiger partial charge in [-0.15, -0.1) is 0 Å². The number of nitrogens with one attached hydrogen (secondary N) is 2. The van der Waals surface area contributed by atoms with E-state index in [1.807, 2.05) is 0 Å². The zero-order valence-electron chi connectivity index (χ0n) is 11.1. The number of rotatable bonds is 3. The highest BCUT2D eigenvalue weighted by atomic mass is 16.5. The zero-order valence-corrected chi connectivity index (χ0v) is 11.1. The fourth-order valence-corrected chi connectivity index (χ4v) is 2.73. The first kappa shape index (κ1) is 13.8. The van der Waals surface area contributed by atoms with Crippen LogP contribution < -0.4 is 10.6 Å². The molecular formula is C13H24N2O3. The van der Waals surface area contributed by atoms with Crippen molar-refractivity contribution < 1.29 is 14.6 Å². The summed E-state index contributed by atoms with van der Waals surface area (Å²) >= 11 is 0. The molecule has 1 heterocycles. The summed E-state index contributed by atoms with van der Waals surface area (Å²) < 4.78 is 5.27. The van der Waals surface area contributed by atoms with E-state index in [9.17, 15) is 9.90 Å². The number of ether oxygens (including phenoxy) is 1. The predicted octanol–water partition coefficient (Wildman–Crippen LogP) is 0.0322. The maximum absolute atomic E-state index is 12.0. The molecular weight excluding hydrogens is 232 g/mol. The lowest BCUT2D eigenvalue weighted by Crippen LogP contribution is -2.54. The summed E-state index contributed by atoms with van der Waals surface area (Å²) in [6.45, 7) is 4.43. The fraction of sp³-hybridized carbons (Fsp3) is 0.923. The summed E-state index contributed by atoms with van der Waals surface area (Å²) in [4.78, 5) is 12.0. The number of aliphatic hydroxyl groups is 1. The monoisotopic (exact) mass is 256 g/mol. The molecule has 2 rings (SSSR count). The van der Waals surface area contributed by atoms with Gasteiger partial charge >= 0.3 is 0 Å². The summed E-state index contributed by atoms with van der Waals surface area (Å²) in [7, 11) is 0. The summed E-state index contributed by atoms with van der Waals surface area (Å²) in [6, 6.07) is -0.247. The van der Waals surface area contributed by atoms with E-state index in [1.54, 1.807) is 0 Å². The van der Waals surface area contributed by atoms with Gasteiger partial charge in [-0.2, -0.15) is 0 Å². The maximum atomic E-state index is 12.0. The van der Waals surface area contributed by atoms with Gasteiger partial charge < -0.3 is 20.5 Å². The SMILES string of the molecule is CC1(CNC(=O)C2COCCN2)CCCCC1O. The Kier molecular flexibility index (Phi) is 4.59. The molecule has 0 aromatic carbocycles. The molecule has 0 aromatic rings. The fourth-order valence-electron chi connectivity index (χ4n) is 2.73. The Morgan fingerprint density at radius 3 is 3.06 bits per heavy atom. The third-order valence-electron chi connectivity index (χ3n) is 4.18. The zero-order chi connectivity index (χ0) is 13.0. The summed E-state index contributed by atoms with van der Waals surface area (Å²) in [5.41, 5.74) is -0.177. The second-order valence-electron chi connectivity index (χ2n) is 5.72. The van der Waals surface area contributed by atoms with Crippen LogP contribution in [0.2, 0.25) is 0 Å². The smallest absolute Gasteiger partial charge is 0.239 e. The van der Waals surface area contributed by atoms with Crippen molar-refractivity contribution in [3.8, 4) is 0 Å².